The summed E-state index contributed by atoms with van der Waals surface area (Å²) < 4.78 is 27.2. The van der Waals surface area contributed by atoms with Crippen molar-refractivity contribution in [3.63, 3.8) is 0 Å². The molecular formula is C13H13N5O3S. The van der Waals surface area contributed by atoms with Crippen molar-refractivity contribution < 1.29 is 12.6 Å². The smallest absolute Gasteiger partial charge is 0.337 e. The summed E-state index contributed by atoms with van der Waals surface area (Å²) in [4.78, 5) is 14.9. The van der Waals surface area contributed by atoms with Crippen LogP contribution in [-0.2, 0) is 16.7 Å². The first-order chi connectivity index (χ1) is 10.5. The predicted octanol–water partition coefficient (Wildman–Crippen LogP) is 1.30. The Hall–Kier alpha value is -2.68. The van der Waals surface area contributed by atoms with E-state index in [1.807, 2.05) is 30.3 Å². The normalized spacial score (nSPS) is 11.5. The van der Waals surface area contributed by atoms with Crippen molar-refractivity contribution in [2.75, 3.05) is 11.6 Å². The van der Waals surface area contributed by atoms with Gasteiger partial charge in [-0.25, -0.2) is 4.98 Å². The average Bonchev–Trinajstić information content (AvgIpc) is 2.92. The number of nitrogens with zero attached hydrogens (tertiary/aromatic N) is 3. The minimum Gasteiger partial charge on any atom is -0.364 e. The number of rotatable bonds is 5. The third-order valence-electron chi connectivity index (χ3n) is 2.79. The standard InChI is InChI=1S/C13H13N5O3S/c1-22(19,20)21-13-17-11(10-12(18-13)16-8-15-10)14-7-9-5-3-2-4-6-9/h2-6,8H,7H2,1H3,(H2,14,15,16,17,18). The lowest BCUT2D eigenvalue weighted by Crippen LogP contribution is -2.10. The lowest BCUT2D eigenvalue weighted by Gasteiger charge is -2.08. The van der Waals surface area contributed by atoms with E-state index in [0.29, 0.717) is 23.5 Å². The highest BCUT2D eigenvalue weighted by Gasteiger charge is 2.14. The van der Waals surface area contributed by atoms with Crippen LogP contribution < -0.4 is 9.50 Å². The molecule has 0 bridgehead atoms. The van der Waals surface area contributed by atoms with Crippen LogP contribution in [0.3, 0.4) is 0 Å². The Bertz CT molecular complexity index is 892. The number of nitrogens with one attached hydrogen (secondary N) is 2. The molecule has 2 heterocycles. The molecule has 0 spiro atoms. The molecule has 0 radical (unpaired) electrons. The molecule has 0 atom stereocenters. The van der Waals surface area contributed by atoms with Crippen LogP contribution >= 0.6 is 0 Å². The molecule has 0 aliphatic heterocycles. The molecule has 2 N–H and O–H groups in total. The van der Waals surface area contributed by atoms with E-state index in [1.165, 1.54) is 6.33 Å². The molecule has 0 aliphatic rings. The van der Waals surface area contributed by atoms with Gasteiger partial charge in [-0.3, -0.25) is 0 Å². The first-order valence-electron chi connectivity index (χ1n) is 6.40. The number of benzene rings is 1. The van der Waals surface area contributed by atoms with E-state index in [0.717, 1.165) is 11.8 Å². The fourth-order valence-electron chi connectivity index (χ4n) is 1.90. The molecule has 9 heteroatoms. The van der Waals surface area contributed by atoms with Crippen LogP contribution in [-0.4, -0.2) is 34.6 Å². The summed E-state index contributed by atoms with van der Waals surface area (Å²) in [5.74, 6) is 0.421. The van der Waals surface area contributed by atoms with Gasteiger partial charge in [0, 0.05) is 6.54 Å². The summed E-state index contributed by atoms with van der Waals surface area (Å²) in [6.07, 6.45) is 2.39. The van der Waals surface area contributed by atoms with E-state index in [-0.39, 0.29) is 6.01 Å². The zero-order valence-electron chi connectivity index (χ0n) is 11.6. The number of imidazole rings is 1. The first kappa shape index (κ1) is 14.3. The van der Waals surface area contributed by atoms with Gasteiger partial charge < -0.3 is 14.5 Å². The molecule has 1 aromatic carbocycles. The summed E-state index contributed by atoms with van der Waals surface area (Å²) in [5, 5.41) is 3.12. The highest BCUT2D eigenvalue weighted by Crippen LogP contribution is 2.21. The maximum absolute atomic E-state index is 11.2. The van der Waals surface area contributed by atoms with Crippen molar-refractivity contribution in [3.05, 3.63) is 42.2 Å². The molecular weight excluding hydrogens is 306 g/mol. The number of H-pyrrole nitrogens is 1. The lowest BCUT2D eigenvalue weighted by molar-refractivity contribution is 0.472. The molecule has 0 saturated heterocycles. The minimum atomic E-state index is -3.70. The van der Waals surface area contributed by atoms with E-state index in [4.69, 9.17) is 4.18 Å². The average molecular weight is 319 g/mol. The summed E-state index contributed by atoms with van der Waals surface area (Å²) >= 11 is 0. The zero-order valence-corrected chi connectivity index (χ0v) is 12.5. The van der Waals surface area contributed by atoms with Gasteiger partial charge in [-0.15, -0.1) is 0 Å². The molecule has 0 unspecified atom stereocenters. The number of aromatic amines is 1. The van der Waals surface area contributed by atoms with Crippen molar-refractivity contribution in [3.8, 4) is 6.01 Å². The Morgan fingerprint density at radius 1 is 1.23 bits per heavy atom. The highest BCUT2D eigenvalue weighted by molar-refractivity contribution is 7.86. The van der Waals surface area contributed by atoms with Gasteiger partial charge in [-0.05, 0) is 5.56 Å². The fraction of sp³-hybridized carbons (Fsp3) is 0.154. The largest absolute Gasteiger partial charge is 0.364 e. The molecule has 22 heavy (non-hydrogen) atoms. The van der Waals surface area contributed by atoms with Gasteiger partial charge in [0.2, 0.25) is 0 Å². The van der Waals surface area contributed by atoms with Crippen LogP contribution in [0.1, 0.15) is 5.56 Å². The molecule has 3 rings (SSSR count). The second kappa shape index (κ2) is 5.60. The number of hydrogen-bond acceptors (Lipinski definition) is 7. The van der Waals surface area contributed by atoms with Crippen molar-refractivity contribution in [1.29, 1.82) is 0 Å². The van der Waals surface area contributed by atoms with Gasteiger partial charge >= 0.3 is 16.1 Å². The van der Waals surface area contributed by atoms with Gasteiger partial charge in [0.1, 0.15) is 5.52 Å². The number of fused-ring (bicyclic) bond motifs is 1. The Labute approximate surface area is 126 Å². The van der Waals surface area contributed by atoms with Crippen molar-refractivity contribution >= 4 is 27.1 Å². The number of anilines is 1. The van der Waals surface area contributed by atoms with E-state index >= 15 is 0 Å². The van der Waals surface area contributed by atoms with Gasteiger partial charge in [0.15, 0.2) is 11.5 Å². The molecule has 0 saturated carbocycles. The Morgan fingerprint density at radius 2 is 2.00 bits per heavy atom. The topological polar surface area (TPSA) is 110 Å². The Morgan fingerprint density at radius 3 is 2.73 bits per heavy atom. The van der Waals surface area contributed by atoms with Crippen molar-refractivity contribution in [2.24, 2.45) is 0 Å². The number of hydrogen-bond donors (Lipinski definition) is 2. The summed E-state index contributed by atoms with van der Waals surface area (Å²) in [5.41, 5.74) is 1.96. The van der Waals surface area contributed by atoms with Crippen LogP contribution in [0.15, 0.2) is 36.7 Å². The Balaban J connectivity index is 1.91. The van der Waals surface area contributed by atoms with Crippen LogP contribution in [0, 0.1) is 0 Å². The summed E-state index contributed by atoms with van der Waals surface area (Å²) in [7, 11) is -3.70. The van der Waals surface area contributed by atoms with E-state index in [1.54, 1.807) is 0 Å². The molecule has 0 amide bonds. The predicted molar refractivity (Wildman–Crippen MR) is 80.9 cm³/mol. The van der Waals surface area contributed by atoms with E-state index < -0.39 is 10.1 Å². The SMILES string of the molecule is CS(=O)(=O)Oc1nc(NCc2ccccc2)c2[nH]cnc2n1. The molecule has 8 nitrogen and oxygen atoms in total. The maximum atomic E-state index is 11.2. The monoisotopic (exact) mass is 319 g/mol. The minimum absolute atomic E-state index is 0.266. The summed E-state index contributed by atoms with van der Waals surface area (Å²) in [6.45, 7) is 0.518. The first-order valence-corrected chi connectivity index (χ1v) is 8.21. The van der Waals surface area contributed by atoms with Crippen LogP contribution in [0.25, 0.3) is 11.2 Å². The van der Waals surface area contributed by atoms with Crippen molar-refractivity contribution in [1.82, 2.24) is 19.9 Å². The molecule has 2 aromatic heterocycles. The van der Waals surface area contributed by atoms with Gasteiger partial charge in [-0.1, -0.05) is 30.3 Å². The van der Waals surface area contributed by atoms with Crippen LogP contribution in [0.2, 0.25) is 0 Å². The quantitative estimate of drug-likeness (QED) is 0.682. The van der Waals surface area contributed by atoms with E-state index in [9.17, 15) is 8.42 Å². The second-order valence-electron chi connectivity index (χ2n) is 4.58. The summed E-state index contributed by atoms with van der Waals surface area (Å²) in [6, 6.07) is 9.46. The second-order valence-corrected chi connectivity index (χ2v) is 6.16. The van der Waals surface area contributed by atoms with Gasteiger partial charge in [-0.2, -0.15) is 18.4 Å². The zero-order chi connectivity index (χ0) is 15.6. The van der Waals surface area contributed by atoms with Gasteiger partial charge in [0.25, 0.3) is 0 Å². The van der Waals surface area contributed by atoms with Gasteiger partial charge in [0.05, 0.1) is 12.6 Å². The maximum Gasteiger partial charge on any atom is 0.337 e. The molecule has 0 fully saturated rings. The van der Waals surface area contributed by atoms with Crippen molar-refractivity contribution in [2.45, 2.75) is 6.54 Å². The molecule has 3 aromatic rings. The van der Waals surface area contributed by atoms with E-state index in [2.05, 4.69) is 25.3 Å². The highest BCUT2D eigenvalue weighted by atomic mass is 32.2. The number of aromatic nitrogens is 4. The molecule has 114 valence electrons. The van der Waals surface area contributed by atoms with Crippen LogP contribution in [0.4, 0.5) is 5.82 Å². The molecule has 0 aliphatic carbocycles. The Kier molecular flexibility index (Phi) is 3.63. The third kappa shape index (κ3) is 3.31. The van der Waals surface area contributed by atoms with Crippen LogP contribution in [0.5, 0.6) is 6.01 Å². The fourth-order valence-corrected chi connectivity index (χ4v) is 2.24. The third-order valence-corrected chi connectivity index (χ3v) is 3.25. The lowest BCUT2D eigenvalue weighted by atomic mass is 10.2.